The Kier molecular flexibility index (Phi) is 4.13. The second-order valence-electron chi connectivity index (χ2n) is 4.21. The van der Waals surface area contributed by atoms with Crippen molar-refractivity contribution in [1.29, 1.82) is 0 Å². The molecule has 0 amide bonds. The molecule has 1 atom stereocenters. The second kappa shape index (κ2) is 5.26. The third kappa shape index (κ3) is 3.22. The van der Waals surface area contributed by atoms with Gasteiger partial charge in [-0.3, -0.25) is 0 Å². The third-order valence-electron chi connectivity index (χ3n) is 3.09. The molecule has 0 radical (unpaired) electrons. The lowest BCUT2D eigenvalue weighted by Gasteiger charge is -2.12. The van der Waals surface area contributed by atoms with Crippen molar-refractivity contribution in [3.63, 3.8) is 0 Å². The van der Waals surface area contributed by atoms with Crippen molar-refractivity contribution in [2.75, 3.05) is 18.1 Å². The van der Waals surface area contributed by atoms with E-state index in [0.717, 1.165) is 17.2 Å². The Balaban J connectivity index is 1.90. The molecule has 6 heteroatoms. The van der Waals surface area contributed by atoms with E-state index in [2.05, 4.69) is 5.32 Å². The topological polar surface area (TPSA) is 46.2 Å². The summed E-state index contributed by atoms with van der Waals surface area (Å²) in [6.45, 7) is 2.20. The maximum Gasteiger partial charge on any atom is 0.151 e. The van der Waals surface area contributed by atoms with Crippen molar-refractivity contribution in [2.24, 2.45) is 0 Å². The van der Waals surface area contributed by atoms with Gasteiger partial charge in [0.25, 0.3) is 0 Å². The van der Waals surface area contributed by atoms with Crippen LogP contribution in [0.1, 0.15) is 29.8 Å². The SMILES string of the molecule is CCS(=O)(=O)CCNC1CCc2sc(Cl)cc21. The Morgan fingerprint density at radius 2 is 2.35 bits per heavy atom. The highest BCUT2D eigenvalue weighted by molar-refractivity contribution is 7.91. The zero-order valence-corrected chi connectivity index (χ0v) is 12.1. The van der Waals surface area contributed by atoms with Crippen molar-refractivity contribution >= 4 is 32.8 Å². The van der Waals surface area contributed by atoms with Gasteiger partial charge in [-0.15, -0.1) is 11.3 Å². The molecule has 0 spiro atoms. The summed E-state index contributed by atoms with van der Waals surface area (Å²) < 4.78 is 23.5. The number of thiophene rings is 1. The lowest BCUT2D eigenvalue weighted by molar-refractivity contribution is 0.541. The molecule has 1 aliphatic carbocycles. The molecule has 0 saturated carbocycles. The molecule has 1 aliphatic rings. The number of rotatable bonds is 5. The molecule has 1 aromatic heterocycles. The van der Waals surface area contributed by atoms with E-state index in [4.69, 9.17) is 11.6 Å². The maximum atomic E-state index is 11.4. The van der Waals surface area contributed by atoms with Gasteiger partial charge in [0.05, 0.1) is 10.1 Å². The van der Waals surface area contributed by atoms with Crippen LogP contribution in [0.4, 0.5) is 0 Å². The molecule has 1 heterocycles. The summed E-state index contributed by atoms with van der Waals surface area (Å²) in [5.74, 6) is 0.433. The number of halogens is 1. The minimum atomic E-state index is -2.87. The highest BCUT2D eigenvalue weighted by atomic mass is 35.5. The maximum absolute atomic E-state index is 11.4. The minimum absolute atomic E-state index is 0.215. The Hall–Kier alpha value is -0.100. The molecule has 0 fully saturated rings. The van der Waals surface area contributed by atoms with Crippen LogP contribution in [0, 0.1) is 0 Å². The predicted octanol–water partition coefficient (Wildman–Crippen LogP) is 2.41. The van der Waals surface area contributed by atoms with Crippen molar-refractivity contribution in [1.82, 2.24) is 5.32 Å². The van der Waals surface area contributed by atoms with E-state index >= 15 is 0 Å². The van der Waals surface area contributed by atoms with E-state index in [0.29, 0.717) is 6.54 Å². The Morgan fingerprint density at radius 1 is 1.59 bits per heavy atom. The van der Waals surface area contributed by atoms with E-state index in [1.54, 1.807) is 18.3 Å². The fourth-order valence-corrected chi connectivity index (χ4v) is 4.15. The second-order valence-corrected chi connectivity index (χ2v) is 8.45. The number of hydrogen-bond donors (Lipinski definition) is 1. The third-order valence-corrected chi connectivity index (χ3v) is 6.14. The summed E-state index contributed by atoms with van der Waals surface area (Å²) in [6, 6.07) is 2.28. The van der Waals surface area contributed by atoms with Gasteiger partial charge in [0.1, 0.15) is 0 Å². The summed E-state index contributed by atoms with van der Waals surface area (Å²) in [7, 11) is -2.87. The molecule has 0 aliphatic heterocycles. The van der Waals surface area contributed by atoms with Gasteiger partial charge in [-0.25, -0.2) is 8.42 Å². The molecular weight excluding hydrogens is 278 g/mol. The first-order chi connectivity index (χ1) is 8.02. The Labute approximate surface area is 111 Å². The highest BCUT2D eigenvalue weighted by Gasteiger charge is 2.24. The van der Waals surface area contributed by atoms with Crippen LogP contribution < -0.4 is 5.32 Å². The van der Waals surface area contributed by atoms with Crippen LogP contribution >= 0.6 is 22.9 Å². The van der Waals surface area contributed by atoms with Gasteiger partial charge in [-0.1, -0.05) is 18.5 Å². The molecule has 1 unspecified atom stereocenters. The lowest BCUT2D eigenvalue weighted by atomic mass is 10.2. The monoisotopic (exact) mass is 293 g/mol. The molecule has 96 valence electrons. The van der Waals surface area contributed by atoms with Crippen LogP contribution in [0.5, 0.6) is 0 Å². The molecule has 1 aromatic rings. The first kappa shape index (κ1) is 13.3. The van der Waals surface area contributed by atoms with Crippen LogP contribution in [0.2, 0.25) is 4.34 Å². The van der Waals surface area contributed by atoms with Crippen LogP contribution in [0.15, 0.2) is 6.07 Å². The molecule has 17 heavy (non-hydrogen) atoms. The fourth-order valence-electron chi connectivity index (χ4n) is 2.08. The average molecular weight is 294 g/mol. The molecular formula is C11H16ClNO2S2. The largest absolute Gasteiger partial charge is 0.309 e. The summed E-state index contributed by atoms with van der Waals surface area (Å²) in [4.78, 5) is 1.34. The zero-order valence-electron chi connectivity index (χ0n) is 9.70. The van der Waals surface area contributed by atoms with E-state index in [9.17, 15) is 8.42 Å². The molecule has 3 nitrogen and oxygen atoms in total. The number of sulfone groups is 1. The van der Waals surface area contributed by atoms with Gasteiger partial charge < -0.3 is 5.32 Å². The Morgan fingerprint density at radius 3 is 3.06 bits per heavy atom. The number of hydrogen-bond acceptors (Lipinski definition) is 4. The van der Waals surface area contributed by atoms with E-state index in [1.165, 1.54) is 10.4 Å². The fraction of sp³-hybridized carbons (Fsp3) is 0.636. The summed E-state index contributed by atoms with van der Waals surface area (Å²) >= 11 is 7.60. The minimum Gasteiger partial charge on any atom is -0.309 e. The van der Waals surface area contributed by atoms with Crippen LogP contribution in [0.25, 0.3) is 0 Å². The molecule has 0 saturated heterocycles. The molecule has 0 bridgehead atoms. The first-order valence-electron chi connectivity index (χ1n) is 5.74. The highest BCUT2D eigenvalue weighted by Crippen LogP contribution is 2.39. The smallest absolute Gasteiger partial charge is 0.151 e. The van der Waals surface area contributed by atoms with Gasteiger partial charge in [-0.05, 0) is 24.5 Å². The van der Waals surface area contributed by atoms with Crippen molar-refractivity contribution < 1.29 is 8.42 Å². The van der Waals surface area contributed by atoms with Gasteiger partial charge in [0.2, 0.25) is 0 Å². The molecule has 0 aromatic carbocycles. The van der Waals surface area contributed by atoms with Gasteiger partial charge in [0.15, 0.2) is 9.84 Å². The van der Waals surface area contributed by atoms with Gasteiger partial charge in [-0.2, -0.15) is 0 Å². The van der Waals surface area contributed by atoms with Crippen LogP contribution in [-0.2, 0) is 16.3 Å². The quantitative estimate of drug-likeness (QED) is 0.907. The van der Waals surface area contributed by atoms with Crippen molar-refractivity contribution in [2.45, 2.75) is 25.8 Å². The summed E-state index contributed by atoms with van der Waals surface area (Å²) in [5, 5.41) is 3.31. The number of fused-ring (bicyclic) bond motifs is 1. The van der Waals surface area contributed by atoms with Crippen LogP contribution in [0.3, 0.4) is 0 Å². The van der Waals surface area contributed by atoms with Crippen molar-refractivity contribution in [3.05, 3.63) is 20.8 Å². The van der Waals surface area contributed by atoms with E-state index in [1.807, 2.05) is 6.07 Å². The molecule has 2 rings (SSSR count). The predicted molar refractivity (Wildman–Crippen MR) is 72.7 cm³/mol. The summed E-state index contributed by atoms with van der Waals surface area (Å²) in [6.07, 6.45) is 2.09. The van der Waals surface area contributed by atoms with Crippen molar-refractivity contribution in [3.8, 4) is 0 Å². The molecule has 1 N–H and O–H groups in total. The Bertz CT molecular complexity index is 496. The zero-order chi connectivity index (χ0) is 12.5. The standard InChI is InChI=1S/C11H16ClNO2S2/c1-2-17(14,15)6-5-13-9-3-4-10-8(9)7-11(12)16-10/h7,9,13H,2-6H2,1H3. The lowest BCUT2D eigenvalue weighted by Crippen LogP contribution is -2.26. The van der Waals surface area contributed by atoms with E-state index < -0.39 is 9.84 Å². The van der Waals surface area contributed by atoms with Gasteiger partial charge in [0, 0.05) is 23.2 Å². The van der Waals surface area contributed by atoms with Gasteiger partial charge >= 0.3 is 0 Å². The van der Waals surface area contributed by atoms with Crippen LogP contribution in [-0.4, -0.2) is 26.5 Å². The number of nitrogens with one attached hydrogen (secondary N) is 1. The number of aryl methyl sites for hydroxylation is 1. The normalized spacial score (nSPS) is 19.5. The van der Waals surface area contributed by atoms with E-state index in [-0.39, 0.29) is 17.5 Å². The summed E-state index contributed by atoms with van der Waals surface area (Å²) in [5.41, 5.74) is 1.26. The average Bonchev–Trinajstić information content (AvgIpc) is 2.79. The first-order valence-corrected chi connectivity index (χ1v) is 8.75.